The number of rotatable bonds is 4. The summed E-state index contributed by atoms with van der Waals surface area (Å²) < 4.78 is 9.63. The third-order valence-corrected chi connectivity index (χ3v) is 15.0. The number of aromatic nitrogens is 2. The van der Waals surface area contributed by atoms with Crippen molar-refractivity contribution in [2.75, 3.05) is 0 Å². The van der Waals surface area contributed by atoms with Crippen molar-refractivity contribution in [3.8, 4) is 45.8 Å². The van der Waals surface area contributed by atoms with Crippen LogP contribution < -0.4 is 0 Å². The van der Waals surface area contributed by atoms with E-state index < -0.39 is 0 Å². The summed E-state index contributed by atoms with van der Waals surface area (Å²) in [6.07, 6.45) is 0. The number of fused-ring (bicyclic) bond motifs is 14. The smallest absolute Gasteiger partial charge is 0.101 e. The molecule has 0 radical (unpaired) electrons. The molecule has 0 aliphatic rings. The molecule has 0 aliphatic carbocycles. The molecule has 0 aliphatic heterocycles. The van der Waals surface area contributed by atoms with Gasteiger partial charge in [0.15, 0.2) is 0 Å². The molecule has 0 N–H and O–H groups in total. The molecule has 13 aromatic rings. The lowest BCUT2D eigenvalue weighted by Gasteiger charge is -2.26. The monoisotopic (exact) mass is 822 g/mol. The summed E-state index contributed by atoms with van der Waals surface area (Å²) in [6, 6.07) is 69.3. The molecule has 0 amide bonds. The normalized spacial score (nSPS) is 11.8. The summed E-state index contributed by atoms with van der Waals surface area (Å²) in [5.41, 5.74) is 9.73. The molecule has 4 nitrogen and oxygen atoms in total. The van der Waals surface area contributed by atoms with E-state index in [1.165, 1.54) is 40.3 Å². The molecule has 0 saturated heterocycles. The van der Waals surface area contributed by atoms with Crippen molar-refractivity contribution in [1.82, 2.24) is 9.13 Å². The van der Waals surface area contributed by atoms with Crippen LogP contribution in [0.25, 0.3) is 118 Å². The van der Waals surface area contributed by atoms with Gasteiger partial charge in [-0.05, 0) is 35.4 Å². The van der Waals surface area contributed by atoms with E-state index in [0.29, 0.717) is 11.1 Å². The Morgan fingerprint density at radius 3 is 1.11 bits per heavy atom. The largest absolute Gasteiger partial charge is 0.305 e. The Kier molecular flexibility index (Phi) is 7.44. The van der Waals surface area contributed by atoms with Gasteiger partial charge >= 0.3 is 0 Å². The van der Waals surface area contributed by atoms with E-state index in [2.05, 4.69) is 167 Å². The maximum absolute atomic E-state index is 11.6. The van der Waals surface area contributed by atoms with E-state index in [1.54, 1.807) is 22.7 Å². The van der Waals surface area contributed by atoms with Crippen LogP contribution in [-0.2, 0) is 0 Å². The minimum absolute atomic E-state index is 0.346. The number of thiophene rings is 2. The summed E-state index contributed by atoms with van der Waals surface area (Å²) in [6.45, 7) is 0. The maximum Gasteiger partial charge on any atom is 0.101 e. The number of hydrogen-bond acceptors (Lipinski definition) is 4. The Morgan fingerprint density at radius 1 is 0.339 bits per heavy atom. The Bertz CT molecular complexity index is 3850. The predicted octanol–water partition coefficient (Wildman–Crippen LogP) is 15.7. The summed E-state index contributed by atoms with van der Waals surface area (Å²) in [5, 5.41) is 32.4. The fraction of sp³-hybridized carbons (Fsp3) is 0. The quantitative estimate of drug-likeness (QED) is 0.178. The van der Waals surface area contributed by atoms with Gasteiger partial charge in [-0.1, -0.05) is 158 Å². The Morgan fingerprint density at radius 2 is 0.694 bits per heavy atom. The van der Waals surface area contributed by atoms with E-state index in [0.717, 1.165) is 77.2 Å². The molecule has 0 unspecified atom stereocenters. The topological polar surface area (TPSA) is 57.4 Å². The van der Waals surface area contributed by atoms with E-state index in [1.807, 2.05) is 36.4 Å². The number of benzene rings is 9. The second kappa shape index (κ2) is 13.3. The molecule has 0 fully saturated rings. The first kappa shape index (κ1) is 34.8. The zero-order chi connectivity index (χ0) is 41.1. The minimum atomic E-state index is 0.346. The molecule has 0 bridgehead atoms. The summed E-state index contributed by atoms with van der Waals surface area (Å²) >= 11 is 3.61. The van der Waals surface area contributed by atoms with Gasteiger partial charge in [-0.3, -0.25) is 0 Å². The van der Waals surface area contributed by atoms with Gasteiger partial charge in [0, 0.05) is 63.6 Å². The molecule has 9 aromatic carbocycles. The predicted molar refractivity (Wildman–Crippen MR) is 261 cm³/mol. The van der Waals surface area contributed by atoms with Crippen LogP contribution in [0, 0.1) is 22.7 Å². The SMILES string of the molecule is N#Cc1c(C#N)c(-c2ccccc2)c(-n2c3ccccc3c3ccc4c5ccccc5sc4c32)c(-n2c3ccccc3c3ccc4c5ccccc5sc4c32)c1-c1ccccc1. The molecular weight excluding hydrogens is 793 g/mol. The van der Waals surface area contributed by atoms with Crippen LogP contribution in [-0.4, -0.2) is 9.13 Å². The minimum Gasteiger partial charge on any atom is -0.305 e. The molecule has 6 heteroatoms. The van der Waals surface area contributed by atoms with Crippen molar-refractivity contribution in [2.45, 2.75) is 0 Å². The summed E-state index contributed by atoms with van der Waals surface area (Å²) in [7, 11) is 0. The molecular formula is C56H30N4S2. The molecule has 4 aromatic heterocycles. The number of nitriles is 2. The van der Waals surface area contributed by atoms with Crippen LogP contribution in [0.3, 0.4) is 0 Å². The standard InChI is InChI=1S/C56H30N4S2/c57-31-43-44(32-58)50(34-17-5-2-6-18-34)54(60-46-24-12-8-20-36(46)40-28-30-42-38-22-10-14-26-48(38)62-56(42)52(40)60)53(49(43)33-15-3-1-4-16-33)59-45-23-11-7-19-35(45)39-27-29-41-37-21-9-13-25-47(37)61-55(41)51(39)59/h1-30H. The van der Waals surface area contributed by atoms with E-state index in [9.17, 15) is 10.5 Å². The van der Waals surface area contributed by atoms with E-state index in [-0.39, 0.29) is 0 Å². The molecule has 4 heterocycles. The Hall–Kier alpha value is -8.00. The average molecular weight is 823 g/mol. The van der Waals surface area contributed by atoms with Gasteiger partial charge in [-0.15, -0.1) is 22.7 Å². The number of hydrogen-bond donors (Lipinski definition) is 0. The third kappa shape index (κ3) is 4.68. The first-order valence-corrected chi connectivity index (χ1v) is 22.2. The highest BCUT2D eigenvalue weighted by atomic mass is 32.1. The highest BCUT2D eigenvalue weighted by Gasteiger charge is 2.33. The molecule has 286 valence electrons. The van der Waals surface area contributed by atoms with Gasteiger partial charge in [0.2, 0.25) is 0 Å². The third-order valence-electron chi connectivity index (χ3n) is 12.6. The van der Waals surface area contributed by atoms with Crippen LogP contribution in [0.5, 0.6) is 0 Å². The highest BCUT2D eigenvalue weighted by Crippen LogP contribution is 2.52. The second-order valence-electron chi connectivity index (χ2n) is 15.7. The van der Waals surface area contributed by atoms with Crippen LogP contribution in [0.4, 0.5) is 0 Å². The zero-order valence-corrected chi connectivity index (χ0v) is 34.6. The summed E-state index contributed by atoms with van der Waals surface area (Å²) in [4.78, 5) is 0. The zero-order valence-electron chi connectivity index (χ0n) is 32.9. The first-order valence-electron chi connectivity index (χ1n) is 20.6. The second-order valence-corrected chi connectivity index (χ2v) is 17.8. The van der Waals surface area contributed by atoms with Crippen molar-refractivity contribution >= 4 is 107 Å². The Labute approximate surface area is 363 Å². The van der Waals surface area contributed by atoms with Crippen LogP contribution >= 0.6 is 22.7 Å². The van der Waals surface area contributed by atoms with Crippen LogP contribution in [0.2, 0.25) is 0 Å². The van der Waals surface area contributed by atoms with Gasteiger partial charge in [0.1, 0.15) is 12.1 Å². The fourth-order valence-corrected chi connectivity index (χ4v) is 12.6. The van der Waals surface area contributed by atoms with Gasteiger partial charge in [-0.2, -0.15) is 10.5 Å². The number of para-hydroxylation sites is 2. The van der Waals surface area contributed by atoms with Crippen molar-refractivity contribution in [2.24, 2.45) is 0 Å². The lowest BCUT2D eigenvalue weighted by atomic mass is 9.86. The van der Waals surface area contributed by atoms with Crippen LogP contribution in [0.15, 0.2) is 182 Å². The van der Waals surface area contributed by atoms with Gasteiger partial charge in [0.25, 0.3) is 0 Å². The number of nitrogens with zero attached hydrogens (tertiary/aromatic N) is 4. The highest BCUT2D eigenvalue weighted by molar-refractivity contribution is 7.27. The van der Waals surface area contributed by atoms with Gasteiger partial charge in [-0.25, -0.2) is 0 Å². The molecule has 0 atom stereocenters. The molecule has 62 heavy (non-hydrogen) atoms. The molecule has 0 spiro atoms. The average Bonchev–Trinajstić information content (AvgIpc) is 4.09. The van der Waals surface area contributed by atoms with Crippen LogP contribution in [0.1, 0.15) is 11.1 Å². The van der Waals surface area contributed by atoms with Gasteiger partial charge < -0.3 is 9.13 Å². The van der Waals surface area contributed by atoms with Crippen molar-refractivity contribution < 1.29 is 0 Å². The fourth-order valence-electron chi connectivity index (χ4n) is 10.1. The first-order chi connectivity index (χ1) is 30.7. The van der Waals surface area contributed by atoms with Gasteiger partial charge in [0.05, 0.1) is 54.0 Å². The van der Waals surface area contributed by atoms with Crippen molar-refractivity contribution in [3.63, 3.8) is 0 Å². The molecule has 13 rings (SSSR count). The lowest BCUT2D eigenvalue weighted by molar-refractivity contribution is 1.10. The van der Waals surface area contributed by atoms with E-state index in [4.69, 9.17) is 0 Å². The van der Waals surface area contributed by atoms with Crippen molar-refractivity contribution in [1.29, 1.82) is 10.5 Å². The van der Waals surface area contributed by atoms with E-state index >= 15 is 0 Å². The summed E-state index contributed by atoms with van der Waals surface area (Å²) in [5.74, 6) is 0. The Balaban J connectivity index is 1.38. The maximum atomic E-state index is 11.6. The lowest BCUT2D eigenvalue weighted by Crippen LogP contribution is -2.11. The molecule has 0 saturated carbocycles. The van der Waals surface area contributed by atoms with Crippen molar-refractivity contribution in [3.05, 3.63) is 193 Å².